The van der Waals surface area contributed by atoms with E-state index in [1.165, 1.54) is 0 Å². The molecule has 27 heavy (non-hydrogen) atoms. The summed E-state index contributed by atoms with van der Waals surface area (Å²) in [6, 6.07) is 10.2. The minimum Gasteiger partial charge on any atom is -0.385 e. The van der Waals surface area contributed by atoms with E-state index in [1.807, 2.05) is 43.5 Å². The smallest absolute Gasteiger partial charge is 0.224 e. The van der Waals surface area contributed by atoms with Crippen LogP contribution in [0.25, 0.3) is 16.8 Å². The quantitative estimate of drug-likeness (QED) is 0.653. The van der Waals surface area contributed by atoms with Crippen LogP contribution in [0.4, 0.5) is 0 Å². The largest absolute Gasteiger partial charge is 0.385 e. The summed E-state index contributed by atoms with van der Waals surface area (Å²) >= 11 is 0. The van der Waals surface area contributed by atoms with E-state index in [9.17, 15) is 4.79 Å². The van der Waals surface area contributed by atoms with Crippen LogP contribution in [0.5, 0.6) is 0 Å². The first kappa shape index (κ1) is 19.0. The van der Waals surface area contributed by atoms with Crippen molar-refractivity contribution in [1.82, 2.24) is 19.9 Å². The zero-order chi connectivity index (χ0) is 19.4. The molecule has 0 aliphatic heterocycles. The van der Waals surface area contributed by atoms with Gasteiger partial charge in [-0.25, -0.2) is 9.50 Å². The van der Waals surface area contributed by atoms with Gasteiger partial charge in [0, 0.05) is 42.8 Å². The highest BCUT2D eigenvalue weighted by atomic mass is 16.5. The van der Waals surface area contributed by atoms with Crippen molar-refractivity contribution in [2.24, 2.45) is 0 Å². The molecule has 0 bridgehead atoms. The molecule has 1 amide bonds. The summed E-state index contributed by atoms with van der Waals surface area (Å²) in [5, 5.41) is 7.63. The van der Waals surface area contributed by atoms with Gasteiger partial charge in [-0.05, 0) is 32.8 Å². The number of carbonyl (C=O) groups excluding carboxylic acids is 1. The highest BCUT2D eigenvalue weighted by Gasteiger charge is 2.19. The molecule has 2 heterocycles. The van der Waals surface area contributed by atoms with E-state index in [0.29, 0.717) is 19.6 Å². The molecule has 0 saturated carbocycles. The number of hydrogen-bond donors (Lipinski definition) is 1. The zero-order valence-corrected chi connectivity index (χ0v) is 16.4. The second kappa shape index (κ2) is 8.31. The van der Waals surface area contributed by atoms with Gasteiger partial charge in [-0.15, -0.1) is 0 Å². The Kier molecular flexibility index (Phi) is 5.86. The van der Waals surface area contributed by atoms with Crippen LogP contribution < -0.4 is 5.32 Å². The number of rotatable bonds is 7. The Balaban J connectivity index is 1.92. The van der Waals surface area contributed by atoms with Gasteiger partial charge in [-0.3, -0.25) is 4.79 Å². The minimum atomic E-state index is -0.00869. The van der Waals surface area contributed by atoms with Crippen LogP contribution in [0.2, 0.25) is 0 Å². The molecule has 3 aromatic rings. The Hall–Kier alpha value is -2.73. The molecule has 6 nitrogen and oxygen atoms in total. The number of fused-ring (bicyclic) bond motifs is 1. The topological polar surface area (TPSA) is 68.5 Å². The summed E-state index contributed by atoms with van der Waals surface area (Å²) in [5.41, 5.74) is 6.64. The number of carbonyl (C=O) groups is 1. The maximum Gasteiger partial charge on any atom is 0.224 e. The molecule has 0 radical (unpaired) electrons. The van der Waals surface area contributed by atoms with Gasteiger partial charge in [0.05, 0.1) is 12.1 Å². The summed E-state index contributed by atoms with van der Waals surface area (Å²) in [4.78, 5) is 17.1. The molecule has 0 fully saturated rings. The normalized spacial score (nSPS) is 11.1. The highest BCUT2D eigenvalue weighted by molar-refractivity contribution is 5.82. The lowest BCUT2D eigenvalue weighted by Gasteiger charge is -2.12. The van der Waals surface area contributed by atoms with E-state index < -0.39 is 0 Å². The van der Waals surface area contributed by atoms with Crippen molar-refractivity contribution in [3.8, 4) is 11.1 Å². The Morgan fingerprint density at radius 3 is 2.59 bits per heavy atom. The van der Waals surface area contributed by atoms with Crippen LogP contribution in [-0.4, -0.2) is 40.8 Å². The first-order valence-electron chi connectivity index (χ1n) is 9.19. The molecule has 2 aromatic heterocycles. The van der Waals surface area contributed by atoms with Crippen molar-refractivity contribution in [1.29, 1.82) is 0 Å². The summed E-state index contributed by atoms with van der Waals surface area (Å²) in [5.74, 6) is -0.00869. The fourth-order valence-electron chi connectivity index (χ4n) is 3.33. The molecule has 1 N–H and O–H groups in total. The van der Waals surface area contributed by atoms with E-state index in [0.717, 1.165) is 45.8 Å². The number of nitrogens with one attached hydrogen (secondary N) is 1. The zero-order valence-electron chi connectivity index (χ0n) is 16.4. The number of amides is 1. The first-order valence-corrected chi connectivity index (χ1v) is 9.19. The highest BCUT2D eigenvalue weighted by Crippen LogP contribution is 2.29. The third-order valence-electron chi connectivity index (χ3n) is 4.75. The average molecular weight is 366 g/mol. The first-order chi connectivity index (χ1) is 13.0. The number of methoxy groups -OCH3 is 1. The molecule has 0 atom stereocenters. The molecule has 0 aliphatic rings. The summed E-state index contributed by atoms with van der Waals surface area (Å²) < 4.78 is 6.86. The van der Waals surface area contributed by atoms with Gasteiger partial charge in [0.1, 0.15) is 0 Å². The number of ether oxygens (including phenoxy) is 1. The van der Waals surface area contributed by atoms with Crippen molar-refractivity contribution >= 4 is 11.6 Å². The van der Waals surface area contributed by atoms with Crippen molar-refractivity contribution < 1.29 is 9.53 Å². The molecule has 0 unspecified atom stereocenters. The Morgan fingerprint density at radius 2 is 1.89 bits per heavy atom. The molecule has 0 saturated heterocycles. The standard InChI is InChI=1S/C21H26N4O2/c1-14-18(13-19(26)22-11-8-12-27-4)16(3)25-21(23-14)20(15(2)24-25)17-9-6-5-7-10-17/h5-7,9-10H,8,11-13H2,1-4H3,(H,22,26). The molecule has 1 aromatic carbocycles. The molecule has 142 valence electrons. The molecule has 0 spiro atoms. The third kappa shape index (κ3) is 4.01. The lowest BCUT2D eigenvalue weighted by atomic mass is 10.1. The van der Waals surface area contributed by atoms with E-state index in [1.54, 1.807) is 7.11 Å². The maximum atomic E-state index is 12.3. The van der Waals surface area contributed by atoms with Gasteiger partial charge in [0.2, 0.25) is 5.91 Å². The molecule has 6 heteroatoms. The van der Waals surface area contributed by atoms with E-state index in [-0.39, 0.29) is 5.91 Å². The van der Waals surface area contributed by atoms with Crippen molar-refractivity contribution in [3.63, 3.8) is 0 Å². The van der Waals surface area contributed by atoms with Gasteiger partial charge in [0.25, 0.3) is 0 Å². The lowest BCUT2D eigenvalue weighted by Crippen LogP contribution is -2.27. The predicted octanol–water partition coefficient (Wildman–Crippen LogP) is 3.02. The fraction of sp³-hybridized carbons (Fsp3) is 0.381. The van der Waals surface area contributed by atoms with Gasteiger partial charge in [-0.1, -0.05) is 30.3 Å². The predicted molar refractivity (Wildman–Crippen MR) is 106 cm³/mol. The number of aryl methyl sites for hydroxylation is 3. The van der Waals surface area contributed by atoms with Crippen LogP contribution >= 0.6 is 0 Å². The number of benzene rings is 1. The second-order valence-electron chi connectivity index (χ2n) is 6.70. The monoisotopic (exact) mass is 366 g/mol. The van der Waals surface area contributed by atoms with Gasteiger partial charge in [0.15, 0.2) is 5.65 Å². The van der Waals surface area contributed by atoms with Gasteiger partial charge < -0.3 is 10.1 Å². The van der Waals surface area contributed by atoms with Crippen LogP contribution in [0.1, 0.15) is 29.1 Å². The van der Waals surface area contributed by atoms with Gasteiger partial charge in [-0.2, -0.15) is 5.10 Å². The number of hydrogen-bond acceptors (Lipinski definition) is 4. The number of aromatic nitrogens is 3. The van der Waals surface area contributed by atoms with Crippen LogP contribution in [0.3, 0.4) is 0 Å². The fourth-order valence-corrected chi connectivity index (χ4v) is 3.33. The molecular formula is C21H26N4O2. The second-order valence-corrected chi connectivity index (χ2v) is 6.70. The Labute approximate surface area is 159 Å². The van der Waals surface area contributed by atoms with Crippen LogP contribution in [-0.2, 0) is 16.0 Å². The molecular weight excluding hydrogens is 340 g/mol. The van der Waals surface area contributed by atoms with Crippen molar-refractivity contribution in [3.05, 3.63) is 53.0 Å². The SMILES string of the molecule is COCCCNC(=O)Cc1c(C)nc2c(-c3ccccc3)c(C)nn2c1C. The lowest BCUT2D eigenvalue weighted by molar-refractivity contribution is -0.120. The molecule has 3 rings (SSSR count). The van der Waals surface area contributed by atoms with Crippen molar-refractivity contribution in [2.45, 2.75) is 33.6 Å². The maximum absolute atomic E-state index is 12.3. The van der Waals surface area contributed by atoms with Crippen LogP contribution in [0.15, 0.2) is 30.3 Å². The summed E-state index contributed by atoms with van der Waals surface area (Å²) in [6.45, 7) is 7.20. The number of nitrogens with zero attached hydrogens (tertiary/aromatic N) is 3. The van der Waals surface area contributed by atoms with E-state index in [4.69, 9.17) is 14.8 Å². The minimum absolute atomic E-state index is 0.00869. The summed E-state index contributed by atoms with van der Waals surface area (Å²) in [6.07, 6.45) is 1.10. The third-order valence-corrected chi connectivity index (χ3v) is 4.75. The Morgan fingerprint density at radius 1 is 1.15 bits per heavy atom. The van der Waals surface area contributed by atoms with E-state index >= 15 is 0 Å². The average Bonchev–Trinajstić information content (AvgIpc) is 2.99. The van der Waals surface area contributed by atoms with E-state index in [2.05, 4.69) is 17.4 Å². The van der Waals surface area contributed by atoms with Crippen LogP contribution in [0, 0.1) is 20.8 Å². The Bertz CT molecular complexity index is 948. The summed E-state index contributed by atoms with van der Waals surface area (Å²) in [7, 11) is 1.66. The van der Waals surface area contributed by atoms with Crippen molar-refractivity contribution in [2.75, 3.05) is 20.3 Å². The molecule has 0 aliphatic carbocycles. The van der Waals surface area contributed by atoms with Gasteiger partial charge >= 0.3 is 0 Å².